The van der Waals surface area contributed by atoms with Crippen molar-refractivity contribution in [3.8, 4) is 11.3 Å². The van der Waals surface area contributed by atoms with Crippen LogP contribution in [0.2, 0.25) is 0 Å². The molecule has 1 aliphatic heterocycles. The van der Waals surface area contributed by atoms with E-state index in [-0.39, 0.29) is 6.10 Å². The van der Waals surface area contributed by atoms with Gasteiger partial charge >= 0.3 is 0 Å². The largest absolute Gasteiger partial charge is 0.377 e. The predicted octanol–water partition coefficient (Wildman–Crippen LogP) is 2.88. The second-order valence-corrected chi connectivity index (χ2v) is 8.52. The van der Waals surface area contributed by atoms with Crippen LogP contribution in [0.5, 0.6) is 0 Å². The number of aryl methyl sites for hydroxylation is 2. The Morgan fingerprint density at radius 2 is 2.22 bits per heavy atom. The van der Waals surface area contributed by atoms with Crippen LogP contribution >= 0.6 is 11.3 Å². The van der Waals surface area contributed by atoms with Crippen LogP contribution in [-0.2, 0) is 14.8 Å². The van der Waals surface area contributed by atoms with E-state index in [1.165, 1.54) is 0 Å². The van der Waals surface area contributed by atoms with Crippen molar-refractivity contribution >= 4 is 21.4 Å². The lowest BCUT2D eigenvalue weighted by Crippen LogP contribution is -2.32. The van der Waals surface area contributed by atoms with Gasteiger partial charge in [0, 0.05) is 24.1 Å². The molecule has 1 aromatic carbocycles. The van der Waals surface area contributed by atoms with Gasteiger partial charge in [0.25, 0.3) is 0 Å². The molecule has 1 fully saturated rings. The molecule has 0 aliphatic carbocycles. The van der Waals surface area contributed by atoms with E-state index in [1.54, 1.807) is 24.3 Å². The first-order valence-electron chi connectivity index (χ1n) is 7.60. The first-order chi connectivity index (χ1) is 11.0. The van der Waals surface area contributed by atoms with Crippen molar-refractivity contribution in [3.63, 3.8) is 0 Å². The fourth-order valence-corrected chi connectivity index (χ4v) is 4.59. The lowest BCUT2D eigenvalue weighted by molar-refractivity contribution is 0.114. The van der Waals surface area contributed by atoms with Gasteiger partial charge < -0.3 is 4.74 Å². The Morgan fingerprint density at radius 1 is 1.39 bits per heavy atom. The molecule has 23 heavy (non-hydrogen) atoms. The summed E-state index contributed by atoms with van der Waals surface area (Å²) in [5, 5.41) is 2.90. The smallest absolute Gasteiger partial charge is 0.240 e. The standard InChI is InChI=1S/C16H20N2O3S2/c1-11-5-6-13(15-10-22-12(2)18-15)8-16(11)23(19,20)17-9-14-4-3-7-21-14/h5-6,8,10,14,17H,3-4,7,9H2,1-2H3/t14-/m1/s1. The van der Waals surface area contributed by atoms with Crippen LogP contribution in [0.1, 0.15) is 23.4 Å². The number of nitrogens with one attached hydrogen (secondary N) is 1. The van der Waals surface area contributed by atoms with Gasteiger partial charge in [0.2, 0.25) is 10.0 Å². The highest BCUT2D eigenvalue weighted by Gasteiger charge is 2.22. The maximum Gasteiger partial charge on any atom is 0.240 e. The minimum Gasteiger partial charge on any atom is -0.377 e. The Balaban J connectivity index is 1.85. The van der Waals surface area contributed by atoms with E-state index >= 15 is 0 Å². The maximum atomic E-state index is 12.6. The molecule has 0 unspecified atom stereocenters. The first kappa shape index (κ1) is 16.6. The third-order valence-corrected chi connectivity index (χ3v) is 6.26. The zero-order valence-electron chi connectivity index (χ0n) is 13.2. The average Bonchev–Trinajstić information content (AvgIpc) is 3.17. The molecule has 3 rings (SSSR count). The molecule has 2 heterocycles. The molecule has 1 atom stereocenters. The van der Waals surface area contributed by atoms with Gasteiger partial charge in [-0.05, 0) is 38.3 Å². The van der Waals surface area contributed by atoms with Gasteiger partial charge in [-0.3, -0.25) is 0 Å². The minimum atomic E-state index is -3.56. The van der Waals surface area contributed by atoms with Gasteiger partial charge in [-0.1, -0.05) is 12.1 Å². The fraction of sp³-hybridized carbons (Fsp3) is 0.438. The SMILES string of the molecule is Cc1nc(-c2ccc(C)c(S(=O)(=O)NC[C@H]3CCCO3)c2)cs1. The fourth-order valence-electron chi connectivity index (χ4n) is 2.63. The van der Waals surface area contributed by atoms with Gasteiger partial charge in [0.05, 0.1) is 21.7 Å². The van der Waals surface area contributed by atoms with Crippen molar-refractivity contribution in [1.29, 1.82) is 0 Å². The average molecular weight is 352 g/mol. The second kappa shape index (κ2) is 6.68. The number of aromatic nitrogens is 1. The number of ether oxygens (including phenoxy) is 1. The van der Waals surface area contributed by atoms with E-state index in [1.807, 2.05) is 24.4 Å². The highest BCUT2D eigenvalue weighted by Crippen LogP contribution is 2.26. The van der Waals surface area contributed by atoms with Crippen LogP contribution in [-0.4, -0.2) is 32.7 Å². The van der Waals surface area contributed by atoms with E-state index in [0.29, 0.717) is 18.0 Å². The normalized spacial score (nSPS) is 18.4. The summed E-state index contributed by atoms with van der Waals surface area (Å²) in [4.78, 5) is 4.73. The Morgan fingerprint density at radius 3 is 2.87 bits per heavy atom. The van der Waals surface area contributed by atoms with E-state index in [0.717, 1.165) is 34.7 Å². The van der Waals surface area contributed by atoms with E-state index < -0.39 is 10.0 Å². The van der Waals surface area contributed by atoms with Crippen molar-refractivity contribution in [2.45, 2.75) is 37.7 Å². The summed E-state index contributed by atoms with van der Waals surface area (Å²) in [5.41, 5.74) is 2.35. The zero-order valence-corrected chi connectivity index (χ0v) is 14.8. The molecule has 7 heteroatoms. The van der Waals surface area contributed by atoms with E-state index in [9.17, 15) is 8.42 Å². The molecule has 124 valence electrons. The van der Waals surface area contributed by atoms with Crippen LogP contribution in [0.15, 0.2) is 28.5 Å². The summed E-state index contributed by atoms with van der Waals surface area (Å²) >= 11 is 1.55. The summed E-state index contributed by atoms with van der Waals surface area (Å²) in [6.07, 6.45) is 1.87. The summed E-state index contributed by atoms with van der Waals surface area (Å²) in [6.45, 7) is 4.77. The Kier molecular flexibility index (Phi) is 4.82. The number of thiazole rings is 1. The third-order valence-electron chi connectivity index (χ3n) is 3.92. The number of rotatable bonds is 5. The summed E-state index contributed by atoms with van der Waals surface area (Å²) < 4.78 is 33.4. The molecule has 5 nitrogen and oxygen atoms in total. The number of nitrogens with zero attached hydrogens (tertiary/aromatic N) is 1. The molecular formula is C16H20N2O3S2. The monoisotopic (exact) mass is 352 g/mol. The number of hydrogen-bond acceptors (Lipinski definition) is 5. The number of hydrogen-bond donors (Lipinski definition) is 1. The third kappa shape index (κ3) is 3.80. The quantitative estimate of drug-likeness (QED) is 0.898. The summed E-state index contributed by atoms with van der Waals surface area (Å²) in [5.74, 6) is 0. The Bertz CT molecular complexity index is 793. The molecule has 0 amide bonds. The van der Waals surface area contributed by atoms with Crippen molar-refractivity contribution < 1.29 is 13.2 Å². The molecule has 0 bridgehead atoms. The lowest BCUT2D eigenvalue weighted by Gasteiger charge is -2.13. The van der Waals surface area contributed by atoms with Gasteiger partial charge in [-0.2, -0.15) is 0 Å². The van der Waals surface area contributed by atoms with Gasteiger partial charge in [-0.25, -0.2) is 18.1 Å². The highest BCUT2D eigenvalue weighted by molar-refractivity contribution is 7.89. The van der Waals surface area contributed by atoms with E-state index in [4.69, 9.17) is 4.74 Å². The Hall–Kier alpha value is -1.28. The number of benzene rings is 1. The minimum absolute atomic E-state index is 0.0190. The van der Waals surface area contributed by atoms with Crippen LogP contribution in [0.3, 0.4) is 0 Å². The molecular weight excluding hydrogens is 332 g/mol. The van der Waals surface area contributed by atoms with E-state index in [2.05, 4.69) is 9.71 Å². The van der Waals surface area contributed by atoms with Gasteiger partial charge in [0.1, 0.15) is 0 Å². The molecule has 1 N–H and O–H groups in total. The molecule has 0 radical (unpaired) electrons. The second-order valence-electron chi connectivity index (χ2n) is 5.72. The topological polar surface area (TPSA) is 68.3 Å². The summed E-state index contributed by atoms with van der Waals surface area (Å²) in [6, 6.07) is 5.43. The zero-order chi connectivity index (χ0) is 16.4. The lowest BCUT2D eigenvalue weighted by atomic mass is 10.1. The van der Waals surface area contributed by atoms with Crippen molar-refractivity contribution in [1.82, 2.24) is 9.71 Å². The molecule has 0 saturated carbocycles. The highest BCUT2D eigenvalue weighted by atomic mass is 32.2. The molecule has 1 aliphatic rings. The van der Waals surface area contributed by atoms with Crippen LogP contribution < -0.4 is 4.72 Å². The first-order valence-corrected chi connectivity index (χ1v) is 9.96. The van der Waals surface area contributed by atoms with Gasteiger partial charge in [-0.15, -0.1) is 11.3 Å². The summed E-state index contributed by atoms with van der Waals surface area (Å²) in [7, 11) is -3.56. The van der Waals surface area contributed by atoms with Crippen LogP contribution in [0.4, 0.5) is 0 Å². The molecule has 1 saturated heterocycles. The Labute approximate surface area is 140 Å². The molecule has 2 aromatic rings. The maximum absolute atomic E-state index is 12.6. The van der Waals surface area contributed by atoms with Gasteiger partial charge in [0.15, 0.2) is 0 Å². The van der Waals surface area contributed by atoms with Crippen molar-refractivity contribution in [2.24, 2.45) is 0 Å². The van der Waals surface area contributed by atoms with Crippen molar-refractivity contribution in [2.75, 3.05) is 13.2 Å². The van der Waals surface area contributed by atoms with Crippen LogP contribution in [0.25, 0.3) is 11.3 Å². The van der Waals surface area contributed by atoms with Crippen molar-refractivity contribution in [3.05, 3.63) is 34.2 Å². The predicted molar refractivity (Wildman–Crippen MR) is 91.2 cm³/mol. The number of sulfonamides is 1. The molecule has 0 spiro atoms. The van der Waals surface area contributed by atoms with Crippen LogP contribution in [0, 0.1) is 13.8 Å². The molecule has 1 aromatic heterocycles.